The lowest BCUT2D eigenvalue weighted by Gasteiger charge is -2.61. The van der Waals surface area contributed by atoms with E-state index in [0.717, 1.165) is 29.0 Å². The summed E-state index contributed by atoms with van der Waals surface area (Å²) in [6.07, 6.45) is 15.0. The van der Waals surface area contributed by atoms with E-state index in [0.29, 0.717) is 6.67 Å². The maximum Gasteiger partial charge on any atom is 0.314 e. The third-order valence-corrected chi connectivity index (χ3v) is 7.75. The van der Waals surface area contributed by atoms with Crippen LogP contribution >= 0.6 is 0 Å². The van der Waals surface area contributed by atoms with Crippen molar-refractivity contribution in [2.24, 2.45) is 28.7 Å². The summed E-state index contributed by atoms with van der Waals surface area (Å²) in [4.78, 5) is 35.8. The third kappa shape index (κ3) is 3.57. The Morgan fingerprint density at radius 3 is 2.33 bits per heavy atom. The molecular weight excluding hydrogens is 378 g/mol. The fourth-order valence-corrected chi connectivity index (χ4v) is 6.85. The number of hydrogen-bond donors (Lipinski definition) is 1. The van der Waals surface area contributed by atoms with Gasteiger partial charge in [0.05, 0.1) is 0 Å². The molecule has 158 valence electrons. The van der Waals surface area contributed by atoms with Crippen molar-refractivity contribution in [1.82, 2.24) is 9.88 Å². The van der Waals surface area contributed by atoms with Crippen molar-refractivity contribution >= 4 is 18.0 Å². The molecule has 6 rings (SSSR count). The van der Waals surface area contributed by atoms with Gasteiger partial charge in [0.2, 0.25) is 0 Å². The smallest absolute Gasteiger partial charge is 0.314 e. The summed E-state index contributed by atoms with van der Waals surface area (Å²) in [6, 6.07) is 3.54. The third-order valence-electron chi connectivity index (χ3n) is 7.75. The number of allylic oxidation sites excluding steroid dienone is 2. The Kier molecular flexibility index (Phi) is 4.95. The van der Waals surface area contributed by atoms with Gasteiger partial charge in [0.1, 0.15) is 12.6 Å². The van der Waals surface area contributed by atoms with Gasteiger partial charge in [-0.15, -0.1) is 0 Å². The van der Waals surface area contributed by atoms with Crippen molar-refractivity contribution in [3.05, 3.63) is 41.9 Å². The van der Waals surface area contributed by atoms with Crippen molar-refractivity contribution in [1.29, 1.82) is 0 Å². The standard InChI is InChI=1S/C24H29N3O3/c28-22(10-16-1-4-25-5-2-16)21(23(29)30)11-20-3-6-26-15-27(20)24-12-17-7-18(13-24)9-19(8-17)14-24/h1-6,17-19,21H,7-15H2,(H,29,30). The largest absolute Gasteiger partial charge is 0.481 e. The number of ketones is 1. The molecule has 1 aliphatic heterocycles. The Morgan fingerprint density at radius 2 is 1.73 bits per heavy atom. The number of hydrogen-bond acceptors (Lipinski definition) is 5. The van der Waals surface area contributed by atoms with E-state index in [9.17, 15) is 14.7 Å². The van der Waals surface area contributed by atoms with Crippen LogP contribution < -0.4 is 0 Å². The van der Waals surface area contributed by atoms with Gasteiger partial charge in [0, 0.05) is 42.7 Å². The van der Waals surface area contributed by atoms with Crippen LogP contribution in [0.4, 0.5) is 0 Å². The monoisotopic (exact) mass is 407 g/mol. The van der Waals surface area contributed by atoms with Crippen molar-refractivity contribution in [3.8, 4) is 0 Å². The zero-order valence-electron chi connectivity index (χ0n) is 17.2. The molecule has 1 aromatic rings. The molecule has 1 unspecified atom stereocenters. The average Bonchev–Trinajstić information content (AvgIpc) is 2.71. The number of aliphatic carboxylic acids is 1. The van der Waals surface area contributed by atoms with E-state index < -0.39 is 11.9 Å². The van der Waals surface area contributed by atoms with Crippen LogP contribution in [-0.2, 0) is 16.0 Å². The first-order chi connectivity index (χ1) is 14.5. The summed E-state index contributed by atoms with van der Waals surface area (Å²) < 4.78 is 0. The highest BCUT2D eigenvalue weighted by atomic mass is 16.4. The van der Waals surface area contributed by atoms with Gasteiger partial charge < -0.3 is 10.0 Å². The fraction of sp³-hybridized carbons (Fsp3) is 0.583. The lowest BCUT2D eigenvalue weighted by molar-refractivity contribution is -0.146. The number of carboxylic acids is 1. The molecular formula is C24H29N3O3. The van der Waals surface area contributed by atoms with E-state index in [-0.39, 0.29) is 24.2 Å². The zero-order valence-corrected chi connectivity index (χ0v) is 17.2. The van der Waals surface area contributed by atoms with Crippen LogP contribution in [0.2, 0.25) is 0 Å². The van der Waals surface area contributed by atoms with E-state index in [1.807, 2.05) is 6.08 Å². The van der Waals surface area contributed by atoms with E-state index in [1.54, 1.807) is 30.7 Å². The number of carbonyl (C=O) groups is 2. The quantitative estimate of drug-likeness (QED) is 0.700. The average molecular weight is 408 g/mol. The molecule has 0 radical (unpaired) electrons. The Balaban J connectivity index is 1.36. The van der Waals surface area contributed by atoms with Crippen LogP contribution in [0.5, 0.6) is 0 Å². The van der Waals surface area contributed by atoms with Gasteiger partial charge in [0.25, 0.3) is 0 Å². The highest BCUT2D eigenvalue weighted by molar-refractivity contribution is 5.99. The van der Waals surface area contributed by atoms with Gasteiger partial charge in [-0.1, -0.05) is 0 Å². The number of nitrogens with zero attached hydrogens (tertiary/aromatic N) is 3. The van der Waals surface area contributed by atoms with Gasteiger partial charge in [-0.2, -0.15) is 0 Å². The van der Waals surface area contributed by atoms with Crippen molar-refractivity contribution in [2.45, 2.75) is 56.9 Å². The predicted octanol–water partition coefficient (Wildman–Crippen LogP) is 3.48. The SMILES string of the molecule is O=C(O)C(CC1=CC=NCN1C12CC3CC(CC(C3)C1)C2)C(=O)Cc1ccncc1. The Bertz CT molecular complexity index is 857. The summed E-state index contributed by atoms with van der Waals surface area (Å²) in [5.41, 5.74) is 1.89. The highest BCUT2D eigenvalue weighted by Gasteiger charge is 2.54. The van der Waals surface area contributed by atoms with Gasteiger partial charge in [-0.3, -0.25) is 19.6 Å². The molecule has 4 fully saturated rings. The first kappa shape index (κ1) is 19.5. The molecule has 30 heavy (non-hydrogen) atoms. The van der Waals surface area contributed by atoms with E-state index in [2.05, 4.69) is 14.9 Å². The van der Waals surface area contributed by atoms with E-state index >= 15 is 0 Å². The van der Waals surface area contributed by atoms with Gasteiger partial charge in [0.15, 0.2) is 5.78 Å². The minimum atomic E-state index is -1.04. The molecule has 0 aromatic carbocycles. The lowest BCUT2D eigenvalue weighted by atomic mass is 9.52. The molecule has 6 heteroatoms. The van der Waals surface area contributed by atoms with E-state index in [4.69, 9.17) is 0 Å². The minimum Gasteiger partial charge on any atom is -0.481 e. The summed E-state index contributed by atoms with van der Waals surface area (Å²) in [5, 5.41) is 9.86. The molecule has 0 amide bonds. The van der Waals surface area contributed by atoms with Crippen molar-refractivity contribution in [2.75, 3.05) is 6.67 Å². The molecule has 0 spiro atoms. The molecule has 1 N–H and O–H groups in total. The second kappa shape index (κ2) is 7.64. The summed E-state index contributed by atoms with van der Waals surface area (Å²) in [6.45, 7) is 0.586. The molecule has 6 nitrogen and oxygen atoms in total. The number of carboxylic acid groups (broad SMARTS) is 1. The Morgan fingerprint density at radius 1 is 1.10 bits per heavy atom. The minimum absolute atomic E-state index is 0.107. The first-order valence-corrected chi connectivity index (χ1v) is 11.1. The van der Waals surface area contributed by atoms with Crippen molar-refractivity contribution in [3.63, 3.8) is 0 Å². The number of Topliss-reactive ketones (excluding diaryl/α,β-unsaturated/α-hetero) is 1. The molecule has 4 aliphatic carbocycles. The number of aliphatic imine (C=N–C) groups is 1. The van der Waals surface area contributed by atoms with Gasteiger partial charge >= 0.3 is 5.97 Å². The molecule has 1 atom stereocenters. The molecule has 4 bridgehead atoms. The van der Waals surface area contributed by atoms with Crippen LogP contribution in [0.3, 0.4) is 0 Å². The van der Waals surface area contributed by atoms with E-state index in [1.165, 1.54) is 38.5 Å². The summed E-state index contributed by atoms with van der Waals surface area (Å²) >= 11 is 0. The maximum absolute atomic E-state index is 12.9. The van der Waals surface area contributed by atoms with Crippen LogP contribution in [0.25, 0.3) is 0 Å². The number of aromatic nitrogens is 1. The van der Waals surface area contributed by atoms with Crippen LogP contribution in [0.15, 0.2) is 41.3 Å². The van der Waals surface area contributed by atoms with Gasteiger partial charge in [-0.05, 0) is 80.1 Å². The Labute approximate surface area is 177 Å². The number of rotatable bonds is 7. The molecule has 5 aliphatic rings. The lowest BCUT2D eigenvalue weighted by Crippen LogP contribution is -2.60. The van der Waals surface area contributed by atoms with Crippen LogP contribution in [0, 0.1) is 23.7 Å². The van der Waals surface area contributed by atoms with Crippen LogP contribution in [0.1, 0.15) is 50.5 Å². The van der Waals surface area contributed by atoms with Gasteiger partial charge in [-0.25, -0.2) is 0 Å². The van der Waals surface area contributed by atoms with Crippen molar-refractivity contribution < 1.29 is 14.7 Å². The molecule has 4 saturated carbocycles. The molecule has 0 saturated heterocycles. The summed E-state index contributed by atoms with van der Waals surface area (Å²) in [7, 11) is 0. The van der Waals surface area contributed by atoms with Crippen LogP contribution in [-0.4, -0.2) is 45.2 Å². The molecule has 1 aromatic heterocycles. The normalized spacial score (nSPS) is 32.7. The number of carbonyl (C=O) groups excluding carboxylic acids is 1. The topological polar surface area (TPSA) is 82.9 Å². The fourth-order valence-electron chi connectivity index (χ4n) is 6.85. The predicted molar refractivity (Wildman–Crippen MR) is 113 cm³/mol. The highest BCUT2D eigenvalue weighted by Crippen LogP contribution is 2.58. The second-order valence-electron chi connectivity index (χ2n) is 9.79. The Hall–Kier alpha value is -2.50. The molecule has 2 heterocycles. The second-order valence-corrected chi connectivity index (χ2v) is 9.79. The zero-order chi connectivity index (χ0) is 20.7. The number of pyridine rings is 1. The maximum atomic E-state index is 12.9. The summed E-state index contributed by atoms with van der Waals surface area (Å²) in [5.74, 6) is 0.0730. The first-order valence-electron chi connectivity index (χ1n) is 11.1.